The van der Waals surface area contributed by atoms with Crippen molar-refractivity contribution in [2.24, 2.45) is 4.99 Å². The number of morpholine rings is 1. The summed E-state index contributed by atoms with van der Waals surface area (Å²) in [5.74, 6) is -1.22. The Balaban J connectivity index is 1.86. The maximum atomic E-state index is 13.2. The van der Waals surface area contributed by atoms with Crippen LogP contribution in [-0.4, -0.2) is 71.7 Å². The smallest absolute Gasteiger partial charge is 0.338 e. The van der Waals surface area contributed by atoms with Gasteiger partial charge in [0.15, 0.2) is 10.8 Å². The molecule has 1 aromatic heterocycles. The molecule has 4 rings (SSSR count). The SMILES string of the molecule is CCOC(=O)C1=C(CN2CCOC[C@H]2C(=O)O)NC(c2nccs2)=N[C@H]1c1cccc(C#N)c1Cl. The van der Waals surface area contributed by atoms with E-state index in [4.69, 9.17) is 26.1 Å². The number of carboxylic acid groups (broad SMARTS) is 1. The van der Waals surface area contributed by atoms with Crippen molar-refractivity contribution < 1.29 is 24.2 Å². The lowest BCUT2D eigenvalue weighted by atomic mass is 9.94. The molecule has 12 heteroatoms. The largest absolute Gasteiger partial charge is 0.480 e. The number of nitrogens with zero attached hydrogens (tertiary/aromatic N) is 4. The number of thiazole rings is 1. The van der Waals surface area contributed by atoms with E-state index >= 15 is 0 Å². The molecule has 35 heavy (non-hydrogen) atoms. The van der Waals surface area contributed by atoms with Crippen molar-refractivity contribution in [1.29, 1.82) is 5.26 Å². The van der Waals surface area contributed by atoms with Crippen molar-refractivity contribution in [3.8, 4) is 6.07 Å². The highest BCUT2D eigenvalue weighted by molar-refractivity contribution is 7.11. The van der Waals surface area contributed by atoms with Crippen molar-refractivity contribution in [3.05, 3.63) is 62.2 Å². The van der Waals surface area contributed by atoms with E-state index in [2.05, 4.69) is 16.4 Å². The van der Waals surface area contributed by atoms with E-state index in [1.165, 1.54) is 11.3 Å². The normalized spacial score (nSPS) is 20.5. The summed E-state index contributed by atoms with van der Waals surface area (Å²) in [7, 11) is 0. The van der Waals surface area contributed by atoms with Crippen LogP contribution in [0, 0.1) is 11.3 Å². The maximum Gasteiger partial charge on any atom is 0.338 e. The molecule has 2 aliphatic rings. The highest BCUT2D eigenvalue weighted by atomic mass is 35.5. The number of amidine groups is 1. The van der Waals surface area contributed by atoms with Gasteiger partial charge < -0.3 is 19.9 Å². The highest BCUT2D eigenvalue weighted by Crippen LogP contribution is 2.38. The Bertz CT molecular complexity index is 1220. The van der Waals surface area contributed by atoms with Gasteiger partial charge in [-0.05, 0) is 13.0 Å². The lowest BCUT2D eigenvalue weighted by Gasteiger charge is -2.35. The summed E-state index contributed by atoms with van der Waals surface area (Å²) in [6, 6.07) is 5.23. The minimum atomic E-state index is -1.02. The molecule has 0 aliphatic carbocycles. The summed E-state index contributed by atoms with van der Waals surface area (Å²) < 4.78 is 10.7. The van der Waals surface area contributed by atoms with E-state index in [0.29, 0.717) is 35.3 Å². The first-order valence-corrected chi connectivity index (χ1v) is 12.1. The number of nitrogens with one attached hydrogen (secondary N) is 1. The van der Waals surface area contributed by atoms with E-state index in [9.17, 15) is 20.0 Å². The van der Waals surface area contributed by atoms with Crippen LogP contribution in [0.5, 0.6) is 0 Å². The molecular weight excluding hydrogens is 494 g/mol. The third kappa shape index (κ3) is 5.21. The number of carbonyl (C=O) groups is 2. The molecule has 0 bridgehead atoms. The molecule has 0 radical (unpaired) electrons. The van der Waals surface area contributed by atoms with Crippen molar-refractivity contribution in [3.63, 3.8) is 0 Å². The Kier molecular flexibility index (Phi) is 7.77. The number of hydrogen-bond donors (Lipinski definition) is 2. The lowest BCUT2D eigenvalue weighted by Crippen LogP contribution is -2.52. The average molecular weight is 516 g/mol. The summed E-state index contributed by atoms with van der Waals surface area (Å²) in [6.45, 7) is 2.68. The number of esters is 1. The van der Waals surface area contributed by atoms with Crippen LogP contribution >= 0.6 is 22.9 Å². The predicted octanol–water partition coefficient (Wildman–Crippen LogP) is 2.36. The van der Waals surface area contributed by atoms with Crippen molar-refractivity contribution >= 4 is 40.7 Å². The first-order chi connectivity index (χ1) is 16.9. The van der Waals surface area contributed by atoms with Crippen molar-refractivity contribution in [2.45, 2.75) is 19.0 Å². The van der Waals surface area contributed by atoms with Gasteiger partial charge in [0.2, 0.25) is 0 Å². The van der Waals surface area contributed by atoms with Crippen LogP contribution in [0.25, 0.3) is 0 Å². The second-order valence-electron chi connectivity index (χ2n) is 7.68. The van der Waals surface area contributed by atoms with E-state index < -0.39 is 24.0 Å². The quantitative estimate of drug-likeness (QED) is 0.532. The van der Waals surface area contributed by atoms with Crippen LogP contribution in [-0.2, 0) is 19.1 Å². The zero-order chi connectivity index (χ0) is 24.9. The maximum absolute atomic E-state index is 13.2. The average Bonchev–Trinajstić information content (AvgIpc) is 3.39. The van der Waals surface area contributed by atoms with Gasteiger partial charge in [-0.15, -0.1) is 11.3 Å². The third-order valence-corrected chi connectivity index (χ3v) is 6.79. The fraction of sp³-hybridized carbons (Fsp3) is 0.348. The van der Waals surface area contributed by atoms with Gasteiger partial charge in [-0.2, -0.15) is 5.26 Å². The van der Waals surface area contributed by atoms with Gasteiger partial charge >= 0.3 is 11.9 Å². The highest BCUT2D eigenvalue weighted by Gasteiger charge is 2.37. The minimum absolute atomic E-state index is 0.0320. The number of nitriles is 1. The van der Waals surface area contributed by atoms with E-state index in [1.807, 2.05) is 0 Å². The Morgan fingerprint density at radius 2 is 2.29 bits per heavy atom. The second kappa shape index (κ2) is 11.0. The molecule has 1 aromatic carbocycles. The summed E-state index contributed by atoms with van der Waals surface area (Å²) in [5, 5.41) is 24.9. The first-order valence-electron chi connectivity index (χ1n) is 10.8. The molecule has 1 fully saturated rings. The lowest BCUT2D eigenvalue weighted by molar-refractivity contribution is -0.149. The van der Waals surface area contributed by atoms with Gasteiger partial charge in [0.25, 0.3) is 0 Å². The van der Waals surface area contributed by atoms with Crippen LogP contribution < -0.4 is 5.32 Å². The van der Waals surface area contributed by atoms with Gasteiger partial charge in [0.05, 0.1) is 36.0 Å². The standard InChI is InChI=1S/C23H22ClN5O5S/c1-2-34-23(32)17-15(11-29-7-8-33-12-16(29)22(30)31)27-20(21-26-6-9-35-21)28-19(17)14-5-3-4-13(10-25)18(14)24/h3-6,9,16,19H,2,7-8,11-12H2,1H3,(H,27,28)(H,30,31)/t16-,19-/m0/s1. The molecule has 0 unspecified atom stereocenters. The minimum Gasteiger partial charge on any atom is -0.480 e. The Morgan fingerprint density at radius 1 is 1.46 bits per heavy atom. The topological polar surface area (TPSA) is 137 Å². The Hall–Kier alpha value is -3.30. The molecule has 0 spiro atoms. The molecule has 2 aliphatic heterocycles. The number of carboxylic acids is 1. The van der Waals surface area contributed by atoms with Gasteiger partial charge in [-0.25, -0.2) is 9.78 Å². The first kappa shape index (κ1) is 24.8. The molecule has 182 valence electrons. The van der Waals surface area contributed by atoms with Crippen LogP contribution in [0.3, 0.4) is 0 Å². The summed E-state index contributed by atoms with van der Waals surface area (Å²) >= 11 is 7.92. The van der Waals surface area contributed by atoms with Gasteiger partial charge in [-0.1, -0.05) is 23.7 Å². The number of aliphatic imine (C=N–C) groups is 1. The van der Waals surface area contributed by atoms with E-state index in [-0.39, 0.29) is 35.9 Å². The van der Waals surface area contributed by atoms with Gasteiger partial charge in [-0.3, -0.25) is 14.7 Å². The monoisotopic (exact) mass is 515 g/mol. The molecular formula is C23H22ClN5O5S. The Morgan fingerprint density at radius 3 is 2.97 bits per heavy atom. The molecule has 2 atom stereocenters. The predicted molar refractivity (Wildman–Crippen MR) is 128 cm³/mol. The number of aliphatic carboxylic acids is 1. The zero-order valence-electron chi connectivity index (χ0n) is 18.7. The van der Waals surface area contributed by atoms with Crippen LogP contribution in [0.1, 0.15) is 29.1 Å². The zero-order valence-corrected chi connectivity index (χ0v) is 20.3. The number of hydrogen-bond acceptors (Lipinski definition) is 10. The number of benzene rings is 1. The van der Waals surface area contributed by atoms with Crippen molar-refractivity contribution in [2.75, 3.05) is 32.9 Å². The molecule has 10 nitrogen and oxygen atoms in total. The number of carbonyl (C=O) groups excluding carboxylic acids is 1. The number of rotatable bonds is 7. The van der Waals surface area contributed by atoms with Gasteiger partial charge in [0.1, 0.15) is 18.2 Å². The summed E-state index contributed by atoms with van der Waals surface area (Å²) in [4.78, 5) is 35.9. The fourth-order valence-corrected chi connectivity index (χ4v) is 4.81. The number of halogens is 1. The van der Waals surface area contributed by atoms with Gasteiger partial charge in [0, 0.05) is 35.9 Å². The molecule has 2 N–H and O–H groups in total. The Labute approximate surface area is 210 Å². The second-order valence-corrected chi connectivity index (χ2v) is 8.95. The molecule has 0 saturated carbocycles. The molecule has 0 amide bonds. The van der Waals surface area contributed by atoms with E-state index in [0.717, 1.165) is 0 Å². The number of ether oxygens (including phenoxy) is 2. The molecule has 2 aromatic rings. The molecule has 1 saturated heterocycles. The van der Waals surface area contributed by atoms with Crippen LogP contribution in [0.2, 0.25) is 5.02 Å². The summed E-state index contributed by atoms with van der Waals surface area (Å²) in [5.41, 5.74) is 1.33. The van der Waals surface area contributed by atoms with E-state index in [1.54, 1.807) is 41.6 Å². The third-order valence-electron chi connectivity index (χ3n) is 5.59. The summed E-state index contributed by atoms with van der Waals surface area (Å²) in [6.07, 6.45) is 1.63. The van der Waals surface area contributed by atoms with Crippen LogP contribution in [0.4, 0.5) is 0 Å². The number of aromatic nitrogens is 1. The molecule has 3 heterocycles. The fourth-order valence-electron chi connectivity index (χ4n) is 3.95. The van der Waals surface area contributed by atoms with Crippen LogP contribution in [0.15, 0.2) is 46.0 Å². The van der Waals surface area contributed by atoms with Crippen molar-refractivity contribution in [1.82, 2.24) is 15.2 Å².